The standard InChI is InChI=1S/C15H13N5O3/c1-10-18-15(23-19-10)11-5-6-13(14(8-11)20(21)22)17-9-12-4-2-3-7-16-12/h2-8,17H,9H2,1H3. The largest absolute Gasteiger partial charge is 0.374 e. The molecule has 3 aromatic rings. The summed E-state index contributed by atoms with van der Waals surface area (Å²) in [5.74, 6) is 0.724. The average Bonchev–Trinajstić information content (AvgIpc) is 3.00. The Hall–Kier alpha value is -3.29. The summed E-state index contributed by atoms with van der Waals surface area (Å²) < 4.78 is 5.04. The van der Waals surface area contributed by atoms with Crippen LogP contribution in [0.1, 0.15) is 11.5 Å². The van der Waals surface area contributed by atoms with Crippen molar-refractivity contribution in [2.24, 2.45) is 0 Å². The average molecular weight is 311 g/mol. The van der Waals surface area contributed by atoms with Gasteiger partial charge >= 0.3 is 0 Å². The molecule has 0 radical (unpaired) electrons. The van der Waals surface area contributed by atoms with E-state index in [4.69, 9.17) is 4.52 Å². The fourth-order valence-electron chi connectivity index (χ4n) is 2.07. The van der Waals surface area contributed by atoms with Crippen molar-refractivity contribution < 1.29 is 9.45 Å². The van der Waals surface area contributed by atoms with Gasteiger partial charge in [0.25, 0.3) is 11.6 Å². The second-order valence-corrected chi connectivity index (χ2v) is 4.81. The number of aromatic nitrogens is 3. The van der Waals surface area contributed by atoms with Gasteiger partial charge in [-0.15, -0.1) is 0 Å². The molecule has 8 nitrogen and oxygen atoms in total. The second kappa shape index (κ2) is 6.22. The number of benzene rings is 1. The van der Waals surface area contributed by atoms with Crippen LogP contribution in [0.25, 0.3) is 11.5 Å². The van der Waals surface area contributed by atoms with E-state index in [0.717, 1.165) is 5.69 Å². The molecule has 0 bridgehead atoms. The molecule has 1 aromatic carbocycles. The Labute approximate surface area is 131 Å². The van der Waals surface area contributed by atoms with E-state index in [1.807, 2.05) is 18.2 Å². The minimum Gasteiger partial charge on any atom is -0.374 e. The molecule has 0 amide bonds. The number of rotatable bonds is 5. The quantitative estimate of drug-likeness (QED) is 0.570. The maximum Gasteiger partial charge on any atom is 0.293 e. The molecule has 0 atom stereocenters. The number of hydrogen-bond donors (Lipinski definition) is 1. The summed E-state index contributed by atoms with van der Waals surface area (Å²) in [6.07, 6.45) is 1.67. The van der Waals surface area contributed by atoms with Crippen LogP contribution in [0, 0.1) is 17.0 Å². The lowest BCUT2D eigenvalue weighted by Gasteiger charge is -2.07. The van der Waals surface area contributed by atoms with Gasteiger partial charge in [0.15, 0.2) is 5.82 Å². The predicted octanol–water partition coefficient (Wildman–Crippen LogP) is 2.96. The van der Waals surface area contributed by atoms with Crippen LogP contribution in [0.3, 0.4) is 0 Å². The molecular formula is C15H13N5O3. The molecule has 2 aromatic heterocycles. The number of nitrogens with one attached hydrogen (secondary N) is 1. The van der Waals surface area contributed by atoms with Gasteiger partial charge in [0.2, 0.25) is 0 Å². The Kier molecular flexibility index (Phi) is 3.96. The third kappa shape index (κ3) is 3.31. The molecule has 116 valence electrons. The molecule has 0 fully saturated rings. The van der Waals surface area contributed by atoms with E-state index in [1.54, 1.807) is 25.3 Å². The van der Waals surface area contributed by atoms with Gasteiger partial charge in [-0.05, 0) is 31.2 Å². The van der Waals surface area contributed by atoms with Crippen LogP contribution in [0.15, 0.2) is 47.1 Å². The van der Waals surface area contributed by atoms with Gasteiger partial charge in [0, 0.05) is 17.8 Å². The van der Waals surface area contributed by atoms with E-state index >= 15 is 0 Å². The van der Waals surface area contributed by atoms with Gasteiger partial charge in [0.1, 0.15) is 5.69 Å². The number of hydrogen-bond acceptors (Lipinski definition) is 7. The van der Waals surface area contributed by atoms with E-state index in [1.165, 1.54) is 6.07 Å². The number of aryl methyl sites for hydroxylation is 1. The highest BCUT2D eigenvalue weighted by Crippen LogP contribution is 2.30. The van der Waals surface area contributed by atoms with Crippen molar-refractivity contribution in [3.63, 3.8) is 0 Å². The van der Waals surface area contributed by atoms with Crippen LogP contribution in [0.5, 0.6) is 0 Å². The van der Waals surface area contributed by atoms with Crippen molar-refractivity contribution in [2.75, 3.05) is 5.32 Å². The van der Waals surface area contributed by atoms with Gasteiger partial charge in [-0.1, -0.05) is 11.2 Å². The molecule has 1 N–H and O–H groups in total. The lowest BCUT2D eigenvalue weighted by Crippen LogP contribution is -2.04. The van der Waals surface area contributed by atoms with Gasteiger partial charge in [0.05, 0.1) is 17.2 Å². The van der Waals surface area contributed by atoms with E-state index in [-0.39, 0.29) is 11.6 Å². The first-order chi connectivity index (χ1) is 11.1. The van der Waals surface area contributed by atoms with Crippen LogP contribution in [-0.2, 0) is 6.54 Å². The zero-order valence-electron chi connectivity index (χ0n) is 12.3. The molecule has 0 spiro atoms. The second-order valence-electron chi connectivity index (χ2n) is 4.81. The number of anilines is 1. The van der Waals surface area contributed by atoms with Crippen molar-refractivity contribution in [1.82, 2.24) is 15.1 Å². The van der Waals surface area contributed by atoms with Crippen molar-refractivity contribution >= 4 is 11.4 Å². The first-order valence-electron chi connectivity index (χ1n) is 6.86. The Morgan fingerprint density at radius 2 is 2.17 bits per heavy atom. The molecule has 23 heavy (non-hydrogen) atoms. The van der Waals surface area contributed by atoms with Crippen LogP contribution in [-0.4, -0.2) is 20.0 Å². The van der Waals surface area contributed by atoms with Crippen molar-refractivity contribution in [1.29, 1.82) is 0 Å². The molecule has 0 saturated heterocycles. The minimum atomic E-state index is -0.451. The van der Waals surface area contributed by atoms with Crippen LogP contribution < -0.4 is 5.32 Å². The smallest absolute Gasteiger partial charge is 0.293 e. The van der Waals surface area contributed by atoms with Gasteiger partial charge in [-0.25, -0.2) is 0 Å². The maximum absolute atomic E-state index is 11.3. The fourth-order valence-corrected chi connectivity index (χ4v) is 2.07. The molecule has 0 aliphatic carbocycles. The highest BCUT2D eigenvalue weighted by Gasteiger charge is 2.17. The first kappa shape index (κ1) is 14.6. The van der Waals surface area contributed by atoms with Crippen molar-refractivity contribution in [3.05, 3.63) is 64.2 Å². The van der Waals surface area contributed by atoms with E-state index in [2.05, 4.69) is 20.4 Å². The van der Waals surface area contributed by atoms with Gasteiger partial charge in [-0.2, -0.15) is 4.98 Å². The Morgan fingerprint density at radius 1 is 1.30 bits per heavy atom. The summed E-state index contributed by atoms with van der Waals surface area (Å²) in [5, 5.41) is 18.0. The predicted molar refractivity (Wildman–Crippen MR) is 82.7 cm³/mol. The highest BCUT2D eigenvalue weighted by atomic mass is 16.6. The Balaban J connectivity index is 1.87. The number of nitro benzene ring substituents is 1. The molecule has 0 aliphatic rings. The summed E-state index contributed by atoms with van der Waals surface area (Å²) in [6, 6.07) is 10.2. The Bertz CT molecular complexity index is 832. The zero-order valence-corrected chi connectivity index (χ0v) is 12.3. The number of nitrogens with zero attached hydrogens (tertiary/aromatic N) is 4. The summed E-state index contributed by atoms with van der Waals surface area (Å²) in [5.41, 5.74) is 1.63. The van der Waals surface area contributed by atoms with Crippen LogP contribution in [0.4, 0.5) is 11.4 Å². The molecule has 3 rings (SSSR count). The molecule has 0 saturated carbocycles. The topological polar surface area (TPSA) is 107 Å². The molecule has 0 aliphatic heterocycles. The number of pyridine rings is 1. The first-order valence-corrected chi connectivity index (χ1v) is 6.86. The summed E-state index contributed by atoms with van der Waals surface area (Å²) in [7, 11) is 0. The lowest BCUT2D eigenvalue weighted by atomic mass is 10.1. The molecule has 8 heteroatoms. The van der Waals surface area contributed by atoms with Crippen molar-refractivity contribution in [2.45, 2.75) is 13.5 Å². The molecule has 2 heterocycles. The minimum absolute atomic E-state index is 0.0608. The van der Waals surface area contributed by atoms with E-state index < -0.39 is 4.92 Å². The molecule has 0 unspecified atom stereocenters. The molecular weight excluding hydrogens is 298 g/mol. The monoisotopic (exact) mass is 311 g/mol. The summed E-state index contributed by atoms with van der Waals surface area (Å²) in [4.78, 5) is 19.1. The third-order valence-corrected chi connectivity index (χ3v) is 3.16. The zero-order chi connectivity index (χ0) is 16.2. The summed E-state index contributed by atoms with van der Waals surface area (Å²) >= 11 is 0. The summed E-state index contributed by atoms with van der Waals surface area (Å²) in [6.45, 7) is 2.07. The lowest BCUT2D eigenvalue weighted by molar-refractivity contribution is -0.383. The van der Waals surface area contributed by atoms with Crippen LogP contribution >= 0.6 is 0 Å². The van der Waals surface area contributed by atoms with E-state index in [0.29, 0.717) is 23.6 Å². The van der Waals surface area contributed by atoms with E-state index in [9.17, 15) is 10.1 Å². The SMILES string of the molecule is Cc1noc(-c2ccc(NCc3ccccn3)c([N+](=O)[O-])c2)n1. The fraction of sp³-hybridized carbons (Fsp3) is 0.133. The van der Waals surface area contributed by atoms with Crippen molar-refractivity contribution in [3.8, 4) is 11.5 Å². The highest BCUT2D eigenvalue weighted by molar-refractivity contribution is 5.69. The normalized spacial score (nSPS) is 10.5. The third-order valence-electron chi connectivity index (χ3n) is 3.16. The van der Waals surface area contributed by atoms with Crippen LogP contribution in [0.2, 0.25) is 0 Å². The Morgan fingerprint density at radius 3 is 2.83 bits per heavy atom. The van der Waals surface area contributed by atoms with Gasteiger partial charge in [-0.3, -0.25) is 15.1 Å². The van der Waals surface area contributed by atoms with Gasteiger partial charge < -0.3 is 9.84 Å². The number of nitro groups is 1. The maximum atomic E-state index is 11.3.